The molecule has 0 unspecified atom stereocenters. The summed E-state index contributed by atoms with van der Waals surface area (Å²) in [6.07, 6.45) is 4.53. The summed E-state index contributed by atoms with van der Waals surface area (Å²) in [7, 11) is 0. The second kappa shape index (κ2) is 10.8. The third-order valence-corrected chi connectivity index (χ3v) is 6.20. The number of rotatable bonds is 9. The molecular weight excluding hydrogens is 455 g/mol. The van der Waals surface area contributed by atoms with Crippen molar-refractivity contribution in [2.24, 2.45) is 0 Å². The summed E-state index contributed by atoms with van der Waals surface area (Å²) in [6, 6.07) is 18.8. The van der Waals surface area contributed by atoms with Crippen molar-refractivity contribution in [1.82, 2.24) is 19.9 Å². The van der Waals surface area contributed by atoms with Crippen molar-refractivity contribution in [2.45, 2.75) is 38.6 Å². The molecule has 0 aliphatic rings. The maximum Gasteiger partial charge on any atom is 0.243 e. The number of halogens is 2. The summed E-state index contributed by atoms with van der Waals surface area (Å²) in [5, 5.41) is 4.29. The molecule has 0 bridgehead atoms. The van der Waals surface area contributed by atoms with Crippen molar-refractivity contribution in [2.75, 3.05) is 6.54 Å². The molecule has 0 aliphatic heterocycles. The van der Waals surface area contributed by atoms with Crippen LogP contribution in [0.15, 0.2) is 66.9 Å². The lowest BCUT2D eigenvalue weighted by Crippen LogP contribution is -2.34. The lowest BCUT2D eigenvalue weighted by molar-refractivity contribution is -0.124. The number of aromatic nitrogens is 3. The van der Waals surface area contributed by atoms with Gasteiger partial charge in [0.15, 0.2) is 0 Å². The van der Waals surface area contributed by atoms with Gasteiger partial charge in [-0.3, -0.25) is 9.78 Å². The van der Waals surface area contributed by atoms with Crippen molar-refractivity contribution in [1.29, 1.82) is 0 Å². The summed E-state index contributed by atoms with van der Waals surface area (Å²) in [5.74, 6) is 0.790. The van der Waals surface area contributed by atoms with Gasteiger partial charge in [0, 0.05) is 41.3 Å². The molecule has 0 saturated carbocycles. The number of nitrogens with zero attached hydrogens (tertiary/aromatic N) is 3. The predicted molar refractivity (Wildman–Crippen MR) is 134 cm³/mol. The minimum Gasteiger partial charge on any atom is -0.354 e. The average Bonchev–Trinajstić information content (AvgIpc) is 3.17. The maximum absolute atomic E-state index is 13.4. The lowest BCUT2D eigenvalue weighted by Gasteiger charge is -2.21. The Morgan fingerprint density at radius 2 is 1.91 bits per heavy atom. The topological polar surface area (TPSA) is 59.8 Å². The van der Waals surface area contributed by atoms with Gasteiger partial charge >= 0.3 is 0 Å². The van der Waals surface area contributed by atoms with Crippen LogP contribution in [0.3, 0.4) is 0 Å². The van der Waals surface area contributed by atoms with E-state index < -0.39 is 0 Å². The quantitative estimate of drug-likeness (QED) is 0.318. The van der Waals surface area contributed by atoms with Crippen LogP contribution in [-0.2, 0) is 17.6 Å². The molecule has 1 amide bonds. The van der Waals surface area contributed by atoms with Crippen LogP contribution in [0.25, 0.3) is 11.0 Å². The van der Waals surface area contributed by atoms with Crippen LogP contribution < -0.4 is 5.32 Å². The molecule has 1 atom stereocenters. The molecule has 0 fully saturated rings. The molecule has 2 aromatic heterocycles. The Morgan fingerprint density at radius 3 is 2.67 bits per heavy atom. The van der Waals surface area contributed by atoms with Gasteiger partial charge in [0.1, 0.15) is 11.9 Å². The van der Waals surface area contributed by atoms with E-state index in [1.165, 1.54) is 0 Å². The Morgan fingerprint density at radius 1 is 1.09 bits per heavy atom. The highest BCUT2D eigenvalue weighted by Gasteiger charge is 2.25. The van der Waals surface area contributed by atoms with Gasteiger partial charge in [0.05, 0.1) is 11.0 Å². The Hall–Kier alpha value is -2.89. The second-order valence-corrected chi connectivity index (χ2v) is 8.81. The molecule has 2 aromatic carbocycles. The summed E-state index contributed by atoms with van der Waals surface area (Å²) in [5.41, 5.74) is 3.68. The zero-order valence-corrected chi connectivity index (χ0v) is 20.0. The number of amides is 1. The van der Waals surface area contributed by atoms with Gasteiger partial charge in [-0.1, -0.05) is 60.8 Å². The fourth-order valence-corrected chi connectivity index (χ4v) is 4.51. The van der Waals surface area contributed by atoms with E-state index in [2.05, 4.69) is 21.8 Å². The molecule has 170 valence electrons. The number of hydrogen-bond acceptors (Lipinski definition) is 3. The average molecular weight is 481 g/mol. The smallest absolute Gasteiger partial charge is 0.243 e. The molecule has 5 nitrogen and oxygen atoms in total. The van der Waals surface area contributed by atoms with Gasteiger partial charge in [-0.05, 0) is 48.4 Å². The molecule has 0 saturated heterocycles. The Bertz CT molecular complexity index is 1240. The van der Waals surface area contributed by atoms with E-state index in [4.69, 9.17) is 28.2 Å². The van der Waals surface area contributed by atoms with E-state index in [-0.39, 0.29) is 11.9 Å². The molecule has 7 heteroatoms. The molecule has 4 rings (SSSR count). The van der Waals surface area contributed by atoms with Crippen LogP contribution in [0, 0.1) is 0 Å². The molecular formula is C26H26Cl2N4O. The first kappa shape index (κ1) is 23.3. The fourth-order valence-electron chi connectivity index (χ4n) is 4.03. The van der Waals surface area contributed by atoms with Crippen molar-refractivity contribution in [3.8, 4) is 0 Å². The van der Waals surface area contributed by atoms with Gasteiger partial charge in [-0.25, -0.2) is 4.98 Å². The van der Waals surface area contributed by atoms with E-state index in [1.807, 2.05) is 54.6 Å². The van der Waals surface area contributed by atoms with Crippen LogP contribution in [0.4, 0.5) is 0 Å². The van der Waals surface area contributed by atoms with Gasteiger partial charge in [-0.15, -0.1) is 0 Å². The van der Waals surface area contributed by atoms with E-state index in [1.54, 1.807) is 12.3 Å². The first-order chi connectivity index (χ1) is 16.1. The Kier molecular flexibility index (Phi) is 7.63. The van der Waals surface area contributed by atoms with Crippen molar-refractivity contribution < 1.29 is 4.79 Å². The summed E-state index contributed by atoms with van der Waals surface area (Å²) < 4.78 is 2.07. The zero-order chi connectivity index (χ0) is 23.2. The van der Waals surface area contributed by atoms with E-state index in [0.717, 1.165) is 34.5 Å². The van der Waals surface area contributed by atoms with Crippen LogP contribution >= 0.6 is 23.2 Å². The third-order valence-electron chi connectivity index (χ3n) is 5.62. The molecule has 33 heavy (non-hydrogen) atoms. The molecule has 0 radical (unpaired) electrons. The minimum absolute atomic E-state index is 0.0145. The van der Waals surface area contributed by atoms with Crippen LogP contribution in [0.2, 0.25) is 10.0 Å². The predicted octanol–water partition coefficient (Wildman–Crippen LogP) is 6.03. The number of hydrogen-bond donors (Lipinski definition) is 1. The van der Waals surface area contributed by atoms with E-state index >= 15 is 0 Å². The number of nitrogens with one attached hydrogen (secondary N) is 1. The van der Waals surface area contributed by atoms with Crippen LogP contribution in [0.1, 0.15) is 42.9 Å². The number of benzene rings is 2. The Balaban J connectivity index is 1.63. The molecule has 1 N–H and O–H groups in total. The van der Waals surface area contributed by atoms with Gasteiger partial charge in [0.2, 0.25) is 5.91 Å². The highest BCUT2D eigenvalue weighted by atomic mass is 35.5. The van der Waals surface area contributed by atoms with Crippen LogP contribution in [-0.4, -0.2) is 27.0 Å². The number of fused-ring (bicyclic) bond motifs is 1. The maximum atomic E-state index is 13.4. The van der Waals surface area contributed by atoms with E-state index in [0.29, 0.717) is 35.9 Å². The third kappa shape index (κ3) is 5.55. The number of imidazole rings is 1. The number of pyridine rings is 1. The van der Waals surface area contributed by atoms with Gasteiger partial charge < -0.3 is 9.88 Å². The molecule has 0 spiro atoms. The number of para-hydroxylation sites is 2. The highest BCUT2D eigenvalue weighted by Crippen LogP contribution is 2.29. The van der Waals surface area contributed by atoms with Gasteiger partial charge in [-0.2, -0.15) is 0 Å². The minimum atomic E-state index is -0.368. The number of carbonyl (C=O) groups excluding carboxylic acids is 1. The lowest BCUT2D eigenvalue weighted by atomic mass is 10.1. The van der Waals surface area contributed by atoms with Crippen molar-refractivity contribution in [3.05, 3.63) is 94.0 Å². The normalized spacial score (nSPS) is 12.1. The summed E-state index contributed by atoms with van der Waals surface area (Å²) >= 11 is 12.5. The van der Waals surface area contributed by atoms with E-state index in [9.17, 15) is 4.79 Å². The van der Waals surface area contributed by atoms with Crippen LogP contribution in [0.5, 0.6) is 0 Å². The second-order valence-electron chi connectivity index (χ2n) is 7.97. The standard InChI is InChI=1S/C26H26Cl2N4O/c1-2-7-24(26(33)30-15-13-20-8-5-6-14-29-20)32-23-10-4-3-9-22(23)31-25(32)16-18-11-12-19(27)17-21(18)28/h3-6,8-12,14,17,24H,2,7,13,15-16H2,1H3,(H,30,33)/t24-/m0/s1. The summed E-state index contributed by atoms with van der Waals surface area (Å²) in [4.78, 5) is 22.6. The monoisotopic (exact) mass is 480 g/mol. The highest BCUT2D eigenvalue weighted by molar-refractivity contribution is 6.35. The SMILES string of the molecule is CCC[C@@H](C(=O)NCCc1ccccn1)n1c(Cc2ccc(Cl)cc2Cl)nc2ccccc21. The molecule has 2 heterocycles. The summed E-state index contributed by atoms with van der Waals surface area (Å²) in [6.45, 7) is 2.62. The Labute approximate surface area is 203 Å². The van der Waals surface area contributed by atoms with Crippen molar-refractivity contribution in [3.63, 3.8) is 0 Å². The number of carbonyl (C=O) groups is 1. The fraction of sp³-hybridized carbons (Fsp3) is 0.269. The first-order valence-electron chi connectivity index (χ1n) is 11.1. The zero-order valence-electron chi connectivity index (χ0n) is 18.5. The van der Waals surface area contributed by atoms with Crippen molar-refractivity contribution >= 4 is 40.1 Å². The first-order valence-corrected chi connectivity index (χ1v) is 11.9. The molecule has 0 aliphatic carbocycles. The van der Waals surface area contributed by atoms with Gasteiger partial charge in [0.25, 0.3) is 0 Å². The molecule has 4 aromatic rings. The largest absolute Gasteiger partial charge is 0.354 e.